The highest BCUT2D eigenvalue weighted by Crippen LogP contribution is 2.15. The molecule has 0 radical (unpaired) electrons. The lowest BCUT2D eigenvalue weighted by atomic mass is 10.1. The number of hydrogen-bond donors (Lipinski definition) is 1. The van der Waals surface area contributed by atoms with Gasteiger partial charge in [0.1, 0.15) is 0 Å². The summed E-state index contributed by atoms with van der Waals surface area (Å²) in [5.41, 5.74) is 1.61. The van der Waals surface area contributed by atoms with Crippen LogP contribution >= 0.6 is 34.2 Å². The fourth-order valence-electron chi connectivity index (χ4n) is 1.20. The third kappa shape index (κ3) is 3.99. The lowest BCUT2D eigenvalue weighted by Crippen LogP contribution is -2.25. The lowest BCUT2D eigenvalue weighted by molar-refractivity contribution is 0.0953. The summed E-state index contributed by atoms with van der Waals surface area (Å²) in [6, 6.07) is 5.35. The minimum absolute atomic E-state index is 0.0418. The first-order valence-corrected chi connectivity index (χ1v) is 6.66. The van der Waals surface area contributed by atoms with Gasteiger partial charge < -0.3 is 5.32 Å². The van der Waals surface area contributed by atoms with Crippen LogP contribution < -0.4 is 5.32 Å². The molecular formula is C11H13ClINO. The third-order valence-electron chi connectivity index (χ3n) is 2.04. The van der Waals surface area contributed by atoms with E-state index in [4.69, 9.17) is 11.6 Å². The molecular weight excluding hydrogens is 324 g/mol. The fourth-order valence-corrected chi connectivity index (χ4v) is 1.76. The maximum Gasteiger partial charge on any atom is 0.251 e. The van der Waals surface area contributed by atoms with Gasteiger partial charge in [0.05, 0.1) is 0 Å². The van der Waals surface area contributed by atoms with E-state index >= 15 is 0 Å². The van der Waals surface area contributed by atoms with Crippen LogP contribution in [0.25, 0.3) is 0 Å². The summed E-state index contributed by atoms with van der Waals surface area (Å²) in [5.74, 6) is -0.0418. The highest BCUT2D eigenvalue weighted by molar-refractivity contribution is 14.1. The standard InChI is InChI=1S/C11H13ClINO/c1-8-3-4-9(12)7-10(8)11(15)14-6-2-5-13/h3-4,7H,2,5-6H2,1H3,(H,14,15). The van der Waals surface area contributed by atoms with Crippen LogP contribution in [0.2, 0.25) is 5.02 Å². The Hall–Kier alpha value is -0.290. The van der Waals surface area contributed by atoms with Crippen molar-refractivity contribution in [2.24, 2.45) is 0 Å². The summed E-state index contributed by atoms with van der Waals surface area (Å²) in [4.78, 5) is 11.7. The van der Waals surface area contributed by atoms with E-state index in [2.05, 4.69) is 27.9 Å². The molecule has 0 spiro atoms. The van der Waals surface area contributed by atoms with Crippen LogP contribution in [-0.4, -0.2) is 16.9 Å². The van der Waals surface area contributed by atoms with E-state index in [9.17, 15) is 4.79 Å². The van der Waals surface area contributed by atoms with Gasteiger partial charge in [0.25, 0.3) is 5.91 Å². The van der Waals surface area contributed by atoms with Crippen LogP contribution in [0.3, 0.4) is 0 Å². The third-order valence-corrected chi connectivity index (χ3v) is 3.04. The van der Waals surface area contributed by atoms with Crippen LogP contribution in [0, 0.1) is 6.92 Å². The SMILES string of the molecule is Cc1ccc(Cl)cc1C(=O)NCCCI. The zero-order chi connectivity index (χ0) is 11.3. The predicted octanol–water partition coefficient (Wildman–Crippen LogP) is 3.20. The van der Waals surface area contributed by atoms with E-state index in [1.165, 1.54) is 0 Å². The van der Waals surface area contributed by atoms with Crippen LogP contribution in [0.4, 0.5) is 0 Å². The molecule has 1 rings (SSSR count). The number of alkyl halides is 1. The quantitative estimate of drug-likeness (QED) is 0.510. The number of carbonyl (C=O) groups is 1. The van der Waals surface area contributed by atoms with Gasteiger partial charge in [0, 0.05) is 21.6 Å². The van der Waals surface area contributed by atoms with Gasteiger partial charge in [-0.05, 0) is 31.0 Å². The van der Waals surface area contributed by atoms with Gasteiger partial charge in [-0.25, -0.2) is 0 Å². The highest BCUT2D eigenvalue weighted by atomic mass is 127. The average molecular weight is 338 g/mol. The molecule has 0 bridgehead atoms. The maximum atomic E-state index is 11.7. The molecule has 1 aromatic rings. The zero-order valence-electron chi connectivity index (χ0n) is 8.52. The van der Waals surface area contributed by atoms with Gasteiger partial charge in [0.15, 0.2) is 0 Å². The summed E-state index contributed by atoms with van der Waals surface area (Å²) < 4.78 is 1.05. The minimum Gasteiger partial charge on any atom is -0.352 e. The van der Waals surface area contributed by atoms with E-state index < -0.39 is 0 Å². The van der Waals surface area contributed by atoms with E-state index in [0.29, 0.717) is 17.1 Å². The predicted molar refractivity (Wildman–Crippen MR) is 72.0 cm³/mol. The molecule has 15 heavy (non-hydrogen) atoms. The summed E-state index contributed by atoms with van der Waals surface area (Å²) in [5, 5.41) is 3.46. The van der Waals surface area contributed by atoms with Crippen molar-refractivity contribution in [1.29, 1.82) is 0 Å². The maximum absolute atomic E-state index is 11.7. The Labute approximate surface area is 109 Å². The molecule has 0 aromatic heterocycles. The molecule has 0 fully saturated rings. The second-order valence-corrected chi connectivity index (χ2v) is 4.77. The first-order chi connectivity index (χ1) is 7.15. The van der Waals surface area contributed by atoms with Gasteiger partial charge in [-0.15, -0.1) is 0 Å². The van der Waals surface area contributed by atoms with Crippen molar-refractivity contribution in [1.82, 2.24) is 5.32 Å². The zero-order valence-corrected chi connectivity index (χ0v) is 11.4. The number of hydrogen-bond acceptors (Lipinski definition) is 1. The smallest absolute Gasteiger partial charge is 0.251 e. The molecule has 0 aliphatic rings. The summed E-state index contributed by atoms with van der Waals surface area (Å²) in [6.07, 6.45) is 0.992. The van der Waals surface area contributed by atoms with Crippen molar-refractivity contribution in [3.8, 4) is 0 Å². The molecule has 0 heterocycles. The average Bonchev–Trinajstić information content (AvgIpc) is 2.22. The van der Waals surface area contributed by atoms with Crippen molar-refractivity contribution in [3.63, 3.8) is 0 Å². The monoisotopic (exact) mass is 337 g/mol. The first kappa shape index (κ1) is 12.8. The summed E-state index contributed by atoms with van der Waals surface area (Å²) in [7, 11) is 0. The summed E-state index contributed by atoms with van der Waals surface area (Å²) >= 11 is 8.13. The number of amides is 1. The van der Waals surface area contributed by atoms with Gasteiger partial charge in [0.2, 0.25) is 0 Å². The second kappa shape index (κ2) is 6.33. The Bertz CT molecular complexity index is 354. The largest absolute Gasteiger partial charge is 0.352 e. The summed E-state index contributed by atoms with van der Waals surface area (Å²) in [6.45, 7) is 2.62. The Morgan fingerprint density at radius 3 is 2.93 bits per heavy atom. The van der Waals surface area contributed by atoms with Gasteiger partial charge >= 0.3 is 0 Å². The Balaban J connectivity index is 2.68. The molecule has 0 unspecified atom stereocenters. The molecule has 1 N–H and O–H groups in total. The van der Waals surface area contributed by atoms with Crippen LogP contribution in [0.1, 0.15) is 22.3 Å². The van der Waals surface area contributed by atoms with Crippen molar-refractivity contribution in [2.45, 2.75) is 13.3 Å². The van der Waals surface area contributed by atoms with E-state index in [1.54, 1.807) is 12.1 Å². The van der Waals surface area contributed by atoms with Gasteiger partial charge in [-0.1, -0.05) is 40.3 Å². The molecule has 82 valence electrons. The van der Waals surface area contributed by atoms with E-state index in [-0.39, 0.29) is 5.91 Å². The second-order valence-electron chi connectivity index (χ2n) is 3.26. The van der Waals surface area contributed by atoms with E-state index in [0.717, 1.165) is 16.4 Å². The first-order valence-electron chi connectivity index (χ1n) is 4.75. The molecule has 0 aliphatic heterocycles. The molecule has 0 aliphatic carbocycles. The van der Waals surface area contributed by atoms with Crippen LogP contribution in [0.15, 0.2) is 18.2 Å². The molecule has 0 saturated carbocycles. The highest BCUT2D eigenvalue weighted by Gasteiger charge is 2.08. The van der Waals surface area contributed by atoms with Crippen molar-refractivity contribution >= 4 is 40.1 Å². The molecule has 1 amide bonds. The molecule has 0 atom stereocenters. The van der Waals surface area contributed by atoms with Crippen LogP contribution in [0.5, 0.6) is 0 Å². The Morgan fingerprint density at radius 2 is 2.27 bits per heavy atom. The van der Waals surface area contributed by atoms with Gasteiger partial charge in [-0.2, -0.15) is 0 Å². The van der Waals surface area contributed by atoms with Crippen molar-refractivity contribution < 1.29 is 4.79 Å². The molecule has 2 nitrogen and oxygen atoms in total. The molecule has 4 heteroatoms. The molecule has 0 saturated heterocycles. The minimum atomic E-state index is -0.0418. The van der Waals surface area contributed by atoms with Gasteiger partial charge in [-0.3, -0.25) is 4.79 Å². The van der Waals surface area contributed by atoms with Crippen molar-refractivity contribution in [3.05, 3.63) is 34.3 Å². The number of carbonyl (C=O) groups excluding carboxylic acids is 1. The lowest BCUT2D eigenvalue weighted by Gasteiger charge is -2.07. The number of nitrogens with one attached hydrogen (secondary N) is 1. The van der Waals surface area contributed by atoms with E-state index in [1.807, 2.05) is 13.0 Å². The number of aryl methyl sites for hydroxylation is 1. The number of benzene rings is 1. The van der Waals surface area contributed by atoms with Crippen molar-refractivity contribution in [2.75, 3.05) is 11.0 Å². The normalized spacial score (nSPS) is 10.1. The molecule has 1 aromatic carbocycles. The topological polar surface area (TPSA) is 29.1 Å². The van der Waals surface area contributed by atoms with Crippen LogP contribution in [-0.2, 0) is 0 Å². The fraction of sp³-hybridized carbons (Fsp3) is 0.364. The Morgan fingerprint density at radius 1 is 1.53 bits per heavy atom. The Kier molecular flexibility index (Phi) is 5.39. The number of halogens is 2. The number of rotatable bonds is 4.